The Morgan fingerprint density at radius 2 is 1.76 bits per heavy atom. The second kappa shape index (κ2) is 5.74. The maximum absolute atomic E-state index is 12.8. The van der Waals surface area contributed by atoms with Gasteiger partial charge in [0.15, 0.2) is 0 Å². The molecule has 0 aromatic heterocycles. The molecule has 2 aromatic carbocycles. The largest absolute Gasteiger partial charge is 0.323 e. The van der Waals surface area contributed by atoms with Gasteiger partial charge in [-0.2, -0.15) is 0 Å². The SMILES string of the molecule is CC(C)c1ccc(S(=O)C2Cc3ccccc3C2N)cc1. The molecule has 0 bridgehead atoms. The van der Waals surface area contributed by atoms with Crippen molar-refractivity contribution >= 4 is 10.8 Å². The molecule has 110 valence electrons. The number of benzene rings is 2. The average Bonchev–Trinajstić information content (AvgIpc) is 2.84. The van der Waals surface area contributed by atoms with E-state index in [1.807, 2.05) is 24.3 Å². The van der Waals surface area contributed by atoms with Gasteiger partial charge in [-0.1, -0.05) is 50.2 Å². The number of hydrogen-bond donors (Lipinski definition) is 1. The molecule has 0 saturated heterocycles. The monoisotopic (exact) mass is 299 g/mol. The molecule has 0 spiro atoms. The quantitative estimate of drug-likeness (QED) is 0.942. The van der Waals surface area contributed by atoms with E-state index in [0.29, 0.717) is 5.92 Å². The van der Waals surface area contributed by atoms with E-state index < -0.39 is 10.8 Å². The van der Waals surface area contributed by atoms with Crippen molar-refractivity contribution in [3.05, 3.63) is 65.2 Å². The molecule has 2 aromatic rings. The molecule has 3 unspecified atom stereocenters. The molecule has 0 heterocycles. The Bertz CT molecular complexity index is 663. The smallest absolute Gasteiger partial charge is 0.0627 e. The molecule has 3 rings (SSSR count). The summed E-state index contributed by atoms with van der Waals surface area (Å²) in [6.45, 7) is 4.32. The van der Waals surface area contributed by atoms with E-state index >= 15 is 0 Å². The highest BCUT2D eigenvalue weighted by atomic mass is 32.2. The lowest BCUT2D eigenvalue weighted by Gasteiger charge is -2.16. The molecule has 3 atom stereocenters. The van der Waals surface area contributed by atoms with E-state index in [4.69, 9.17) is 5.73 Å². The summed E-state index contributed by atoms with van der Waals surface area (Å²) >= 11 is 0. The van der Waals surface area contributed by atoms with Gasteiger partial charge >= 0.3 is 0 Å². The van der Waals surface area contributed by atoms with Gasteiger partial charge in [0.2, 0.25) is 0 Å². The second-order valence-electron chi connectivity index (χ2n) is 5.99. The molecule has 0 amide bonds. The van der Waals surface area contributed by atoms with Crippen molar-refractivity contribution < 1.29 is 4.21 Å². The first-order valence-electron chi connectivity index (χ1n) is 7.42. The molecule has 3 heteroatoms. The zero-order valence-corrected chi connectivity index (χ0v) is 13.3. The fourth-order valence-electron chi connectivity index (χ4n) is 2.96. The number of fused-ring (bicyclic) bond motifs is 1. The number of rotatable bonds is 3. The Hall–Kier alpha value is -1.45. The first-order chi connectivity index (χ1) is 10.1. The van der Waals surface area contributed by atoms with Gasteiger partial charge in [0.1, 0.15) is 0 Å². The number of hydrogen-bond acceptors (Lipinski definition) is 2. The predicted octanol–water partition coefficient (Wildman–Crippen LogP) is 3.54. The highest BCUT2D eigenvalue weighted by Crippen LogP contribution is 2.34. The maximum Gasteiger partial charge on any atom is 0.0627 e. The predicted molar refractivity (Wildman–Crippen MR) is 87.8 cm³/mol. The van der Waals surface area contributed by atoms with Crippen molar-refractivity contribution in [1.82, 2.24) is 0 Å². The van der Waals surface area contributed by atoms with Crippen LogP contribution in [-0.2, 0) is 17.2 Å². The molecule has 1 aliphatic carbocycles. The average molecular weight is 299 g/mol. The molecule has 2 N–H and O–H groups in total. The van der Waals surface area contributed by atoms with Crippen molar-refractivity contribution in [2.24, 2.45) is 5.73 Å². The third-order valence-corrected chi connectivity index (χ3v) is 6.04. The van der Waals surface area contributed by atoms with Crippen LogP contribution in [-0.4, -0.2) is 9.46 Å². The number of nitrogens with two attached hydrogens (primary N) is 1. The van der Waals surface area contributed by atoms with Crippen LogP contribution in [0, 0.1) is 0 Å². The van der Waals surface area contributed by atoms with Gasteiger partial charge in [-0.15, -0.1) is 0 Å². The minimum Gasteiger partial charge on any atom is -0.323 e. The van der Waals surface area contributed by atoms with Crippen LogP contribution in [0.25, 0.3) is 0 Å². The van der Waals surface area contributed by atoms with Gasteiger partial charge in [-0.05, 0) is 41.2 Å². The van der Waals surface area contributed by atoms with Crippen molar-refractivity contribution in [1.29, 1.82) is 0 Å². The summed E-state index contributed by atoms with van der Waals surface area (Å²) in [5.74, 6) is 0.491. The molecule has 0 radical (unpaired) electrons. The van der Waals surface area contributed by atoms with Crippen LogP contribution >= 0.6 is 0 Å². The topological polar surface area (TPSA) is 43.1 Å². The van der Waals surface area contributed by atoms with Gasteiger partial charge < -0.3 is 5.73 Å². The fraction of sp³-hybridized carbons (Fsp3) is 0.333. The third kappa shape index (κ3) is 2.68. The van der Waals surface area contributed by atoms with Gasteiger partial charge in [0.05, 0.1) is 16.0 Å². The lowest BCUT2D eigenvalue weighted by molar-refractivity contribution is 0.646. The highest BCUT2D eigenvalue weighted by molar-refractivity contribution is 7.85. The maximum atomic E-state index is 12.8. The summed E-state index contributed by atoms with van der Waals surface area (Å²) in [4.78, 5) is 0.882. The van der Waals surface area contributed by atoms with Gasteiger partial charge in [0, 0.05) is 10.9 Å². The van der Waals surface area contributed by atoms with Crippen LogP contribution in [0.2, 0.25) is 0 Å². The Labute approximate surface area is 128 Å². The summed E-state index contributed by atoms with van der Waals surface area (Å²) in [5.41, 5.74) is 9.97. The van der Waals surface area contributed by atoms with Gasteiger partial charge in [-0.3, -0.25) is 4.21 Å². The highest BCUT2D eigenvalue weighted by Gasteiger charge is 2.34. The van der Waals surface area contributed by atoms with Crippen LogP contribution in [0.5, 0.6) is 0 Å². The lowest BCUT2D eigenvalue weighted by atomic mass is 10.0. The van der Waals surface area contributed by atoms with E-state index in [2.05, 4.69) is 38.1 Å². The lowest BCUT2D eigenvalue weighted by Crippen LogP contribution is -2.26. The molecular formula is C18H21NOS. The Morgan fingerprint density at radius 1 is 1.10 bits per heavy atom. The first-order valence-corrected chi connectivity index (χ1v) is 8.63. The molecule has 0 saturated carbocycles. The molecule has 0 aliphatic heterocycles. The van der Waals surface area contributed by atoms with E-state index in [1.54, 1.807) is 0 Å². The summed E-state index contributed by atoms with van der Waals surface area (Å²) in [5, 5.41) is -0.0210. The minimum atomic E-state index is -1.06. The van der Waals surface area contributed by atoms with Gasteiger partial charge in [0.25, 0.3) is 0 Å². The van der Waals surface area contributed by atoms with E-state index in [-0.39, 0.29) is 11.3 Å². The molecule has 21 heavy (non-hydrogen) atoms. The normalized spacial score (nSPS) is 22.3. The standard InChI is InChI=1S/C18H21NOS/c1-12(2)13-7-9-15(10-8-13)21(20)17-11-14-5-3-4-6-16(14)18(17)19/h3-10,12,17-18H,11,19H2,1-2H3. The Kier molecular flexibility index (Phi) is 3.96. The molecule has 1 aliphatic rings. The Balaban J connectivity index is 1.84. The summed E-state index contributed by atoms with van der Waals surface area (Å²) in [7, 11) is -1.06. The Morgan fingerprint density at radius 3 is 2.38 bits per heavy atom. The van der Waals surface area contributed by atoms with Crippen LogP contribution in [0.15, 0.2) is 53.4 Å². The van der Waals surface area contributed by atoms with E-state index in [9.17, 15) is 4.21 Å². The summed E-state index contributed by atoms with van der Waals surface area (Å²) in [6.07, 6.45) is 0.801. The first kappa shape index (κ1) is 14.5. The van der Waals surface area contributed by atoms with E-state index in [0.717, 1.165) is 16.9 Å². The van der Waals surface area contributed by atoms with Crippen molar-refractivity contribution in [3.8, 4) is 0 Å². The van der Waals surface area contributed by atoms with Crippen molar-refractivity contribution in [3.63, 3.8) is 0 Å². The van der Waals surface area contributed by atoms with Crippen LogP contribution < -0.4 is 5.73 Å². The summed E-state index contributed by atoms with van der Waals surface area (Å²) in [6, 6.07) is 16.2. The fourth-order valence-corrected chi connectivity index (χ4v) is 4.46. The molecule has 0 fully saturated rings. The van der Waals surface area contributed by atoms with Crippen LogP contribution in [0.1, 0.15) is 42.5 Å². The molecular weight excluding hydrogens is 278 g/mol. The summed E-state index contributed by atoms with van der Waals surface area (Å²) < 4.78 is 12.8. The second-order valence-corrected chi connectivity index (χ2v) is 7.66. The minimum absolute atomic E-state index is 0.0210. The van der Waals surface area contributed by atoms with Crippen molar-refractivity contribution in [2.45, 2.75) is 42.4 Å². The zero-order chi connectivity index (χ0) is 15.0. The van der Waals surface area contributed by atoms with Gasteiger partial charge in [-0.25, -0.2) is 0 Å². The van der Waals surface area contributed by atoms with Crippen LogP contribution in [0.4, 0.5) is 0 Å². The van der Waals surface area contributed by atoms with E-state index in [1.165, 1.54) is 11.1 Å². The third-order valence-electron chi connectivity index (χ3n) is 4.29. The van der Waals surface area contributed by atoms with Crippen LogP contribution in [0.3, 0.4) is 0 Å². The zero-order valence-electron chi connectivity index (χ0n) is 12.5. The van der Waals surface area contributed by atoms with Crippen molar-refractivity contribution in [2.75, 3.05) is 0 Å². The molecule has 2 nitrogen and oxygen atoms in total.